The van der Waals surface area contributed by atoms with Crippen molar-refractivity contribution in [2.45, 2.75) is 38.3 Å². The van der Waals surface area contributed by atoms with Crippen molar-refractivity contribution >= 4 is 18.3 Å². The quantitative estimate of drug-likeness (QED) is 0.910. The minimum atomic E-state index is 0. The number of hydrogen-bond donors (Lipinski definition) is 1. The fourth-order valence-electron chi connectivity index (χ4n) is 3.58. The molecule has 1 amide bonds. The molecule has 2 atom stereocenters. The minimum absolute atomic E-state index is 0. The second-order valence-electron chi connectivity index (χ2n) is 6.58. The second-order valence-corrected chi connectivity index (χ2v) is 6.58. The van der Waals surface area contributed by atoms with Crippen LogP contribution in [0.4, 0.5) is 0 Å². The van der Waals surface area contributed by atoms with E-state index in [1.54, 1.807) is 0 Å². The Morgan fingerprint density at radius 3 is 2.52 bits per heavy atom. The number of nitrogens with two attached hydrogens (primary N) is 1. The molecule has 128 valence electrons. The molecular weight excluding hydrogens is 312 g/mol. The van der Waals surface area contributed by atoms with Gasteiger partial charge in [0.2, 0.25) is 5.91 Å². The maximum Gasteiger partial charge on any atom is 0.225 e. The van der Waals surface area contributed by atoms with Crippen LogP contribution in [0.25, 0.3) is 0 Å². The van der Waals surface area contributed by atoms with Gasteiger partial charge in [-0.1, -0.05) is 6.42 Å². The Balaban J connectivity index is 0.00000192. The summed E-state index contributed by atoms with van der Waals surface area (Å²) in [6.07, 6.45) is 7.73. The van der Waals surface area contributed by atoms with Crippen molar-refractivity contribution in [2.75, 3.05) is 26.2 Å². The highest BCUT2D eigenvalue weighted by Gasteiger charge is 2.30. The summed E-state index contributed by atoms with van der Waals surface area (Å²) in [5, 5.41) is 0. The summed E-state index contributed by atoms with van der Waals surface area (Å²) in [6, 6.07) is 4.33. The number of pyridine rings is 1. The number of amides is 1. The zero-order valence-corrected chi connectivity index (χ0v) is 14.4. The predicted octanol–water partition coefficient (Wildman–Crippen LogP) is 1.67. The summed E-state index contributed by atoms with van der Waals surface area (Å²) < 4.78 is 0. The average Bonchev–Trinajstić information content (AvgIpc) is 2.56. The van der Waals surface area contributed by atoms with Crippen LogP contribution >= 0.6 is 12.4 Å². The Bertz CT molecular complexity index is 491. The van der Waals surface area contributed by atoms with Crippen LogP contribution in [0.2, 0.25) is 0 Å². The van der Waals surface area contributed by atoms with Gasteiger partial charge < -0.3 is 10.6 Å². The Labute approximate surface area is 144 Å². The first-order chi connectivity index (χ1) is 10.7. The van der Waals surface area contributed by atoms with E-state index in [9.17, 15) is 4.79 Å². The molecule has 0 aromatic carbocycles. The summed E-state index contributed by atoms with van der Waals surface area (Å²) in [6.45, 7) is 4.53. The molecule has 0 spiro atoms. The van der Waals surface area contributed by atoms with Gasteiger partial charge in [-0.15, -0.1) is 12.4 Å². The molecule has 2 aliphatic rings. The molecule has 23 heavy (non-hydrogen) atoms. The topological polar surface area (TPSA) is 62.5 Å². The first kappa shape index (κ1) is 18.2. The van der Waals surface area contributed by atoms with Crippen LogP contribution in [0, 0.1) is 5.92 Å². The fourth-order valence-corrected chi connectivity index (χ4v) is 3.58. The van der Waals surface area contributed by atoms with Crippen molar-refractivity contribution in [1.29, 1.82) is 0 Å². The Kier molecular flexibility index (Phi) is 6.81. The lowest BCUT2D eigenvalue weighted by Crippen LogP contribution is -2.50. The lowest BCUT2D eigenvalue weighted by molar-refractivity contribution is -0.138. The molecule has 6 heteroatoms. The van der Waals surface area contributed by atoms with E-state index in [0.717, 1.165) is 58.4 Å². The maximum absolute atomic E-state index is 12.6. The molecule has 1 aromatic rings. The van der Waals surface area contributed by atoms with Crippen LogP contribution in [0.5, 0.6) is 0 Å². The van der Waals surface area contributed by atoms with Gasteiger partial charge in [0.05, 0.1) is 0 Å². The average molecular weight is 339 g/mol. The molecule has 5 nitrogen and oxygen atoms in total. The maximum atomic E-state index is 12.6. The number of aromatic nitrogens is 1. The van der Waals surface area contributed by atoms with E-state index < -0.39 is 0 Å². The lowest BCUT2D eigenvalue weighted by atomic mass is 9.85. The third-order valence-electron chi connectivity index (χ3n) is 4.90. The highest BCUT2D eigenvalue weighted by atomic mass is 35.5. The minimum Gasteiger partial charge on any atom is -0.340 e. The van der Waals surface area contributed by atoms with Crippen molar-refractivity contribution < 1.29 is 4.79 Å². The van der Waals surface area contributed by atoms with E-state index in [0.29, 0.717) is 5.91 Å². The number of halogens is 1. The van der Waals surface area contributed by atoms with Gasteiger partial charge in [0.25, 0.3) is 0 Å². The van der Waals surface area contributed by atoms with E-state index in [-0.39, 0.29) is 24.4 Å². The van der Waals surface area contributed by atoms with Gasteiger partial charge in [0.15, 0.2) is 0 Å². The smallest absolute Gasteiger partial charge is 0.225 e. The van der Waals surface area contributed by atoms with Crippen LogP contribution in [0.3, 0.4) is 0 Å². The molecule has 1 aromatic heterocycles. The van der Waals surface area contributed by atoms with Gasteiger partial charge in [-0.05, 0) is 37.0 Å². The van der Waals surface area contributed by atoms with Crippen LogP contribution in [-0.2, 0) is 11.3 Å². The van der Waals surface area contributed by atoms with E-state index in [4.69, 9.17) is 5.73 Å². The Hall–Kier alpha value is -1.17. The SMILES string of the molecule is Cl.NC1CCCC(C(=O)N2CCN(Cc3ccncc3)CC2)C1. The van der Waals surface area contributed by atoms with Gasteiger partial charge in [0.1, 0.15) is 0 Å². The first-order valence-corrected chi connectivity index (χ1v) is 8.38. The highest BCUT2D eigenvalue weighted by Crippen LogP contribution is 2.25. The second kappa shape index (κ2) is 8.62. The van der Waals surface area contributed by atoms with E-state index in [1.807, 2.05) is 17.3 Å². The zero-order valence-electron chi connectivity index (χ0n) is 13.6. The molecule has 0 bridgehead atoms. The standard InChI is InChI=1S/C17H26N4O.ClH/c18-16-3-1-2-15(12-16)17(22)21-10-8-20(9-11-21)13-14-4-6-19-7-5-14;/h4-7,15-16H,1-3,8-13,18H2;1H. The summed E-state index contributed by atoms with van der Waals surface area (Å²) in [7, 11) is 0. The van der Waals surface area contributed by atoms with Gasteiger partial charge in [0, 0.05) is 57.1 Å². The summed E-state index contributed by atoms with van der Waals surface area (Å²) in [5.41, 5.74) is 7.30. The van der Waals surface area contributed by atoms with E-state index in [2.05, 4.69) is 22.0 Å². The van der Waals surface area contributed by atoms with Gasteiger partial charge in [-0.25, -0.2) is 0 Å². The summed E-state index contributed by atoms with van der Waals surface area (Å²) in [5.74, 6) is 0.495. The van der Waals surface area contributed by atoms with Crippen molar-refractivity contribution in [1.82, 2.24) is 14.8 Å². The molecule has 1 aliphatic heterocycles. The van der Waals surface area contributed by atoms with Crippen molar-refractivity contribution in [3.8, 4) is 0 Å². The molecule has 2 N–H and O–H groups in total. The van der Waals surface area contributed by atoms with Crippen LogP contribution in [0.1, 0.15) is 31.2 Å². The van der Waals surface area contributed by atoms with Crippen molar-refractivity contribution in [2.24, 2.45) is 11.7 Å². The number of hydrogen-bond acceptors (Lipinski definition) is 4. The summed E-state index contributed by atoms with van der Waals surface area (Å²) >= 11 is 0. The third-order valence-corrected chi connectivity index (χ3v) is 4.90. The number of carbonyl (C=O) groups excluding carboxylic acids is 1. The molecule has 2 fully saturated rings. The third kappa shape index (κ3) is 4.90. The van der Waals surface area contributed by atoms with E-state index in [1.165, 1.54) is 5.56 Å². The van der Waals surface area contributed by atoms with Gasteiger partial charge in [-0.3, -0.25) is 14.7 Å². The Morgan fingerprint density at radius 2 is 1.87 bits per heavy atom. The van der Waals surface area contributed by atoms with E-state index >= 15 is 0 Å². The van der Waals surface area contributed by atoms with Crippen LogP contribution in [0.15, 0.2) is 24.5 Å². The zero-order chi connectivity index (χ0) is 15.4. The van der Waals surface area contributed by atoms with Crippen molar-refractivity contribution in [3.63, 3.8) is 0 Å². The van der Waals surface area contributed by atoms with Crippen molar-refractivity contribution in [3.05, 3.63) is 30.1 Å². The monoisotopic (exact) mass is 338 g/mol. The number of nitrogens with zero attached hydrogens (tertiary/aromatic N) is 3. The van der Waals surface area contributed by atoms with Crippen LogP contribution < -0.4 is 5.73 Å². The lowest BCUT2D eigenvalue weighted by Gasteiger charge is -2.37. The normalized spacial score (nSPS) is 25.7. The highest BCUT2D eigenvalue weighted by molar-refractivity contribution is 5.85. The number of carbonyl (C=O) groups is 1. The molecule has 1 saturated heterocycles. The Morgan fingerprint density at radius 1 is 1.17 bits per heavy atom. The van der Waals surface area contributed by atoms with Gasteiger partial charge in [-0.2, -0.15) is 0 Å². The molecule has 0 radical (unpaired) electrons. The predicted molar refractivity (Wildman–Crippen MR) is 93.3 cm³/mol. The largest absolute Gasteiger partial charge is 0.340 e. The number of piperazine rings is 1. The molecule has 1 saturated carbocycles. The number of rotatable bonds is 3. The van der Waals surface area contributed by atoms with Crippen LogP contribution in [-0.4, -0.2) is 52.9 Å². The molecule has 1 aliphatic carbocycles. The summed E-state index contributed by atoms with van der Waals surface area (Å²) in [4.78, 5) is 21.1. The molecular formula is C17H27ClN4O. The fraction of sp³-hybridized carbons (Fsp3) is 0.647. The molecule has 2 heterocycles. The molecule has 3 rings (SSSR count). The first-order valence-electron chi connectivity index (χ1n) is 8.38. The van der Waals surface area contributed by atoms with Gasteiger partial charge >= 0.3 is 0 Å². The molecule has 2 unspecified atom stereocenters.